The first-order valence-electron chi connectivity index (χ1n) is 6.24. The smallest absolute Gasteiger partial charge is 0.323 e. The molecule has 1 aliphatic rings. The highest BCUT2D eigenvalue weighted by molar-refractivity contribution is 5.75. The lowest BCUT2D eigenvalue weighted by atomic mass is 9.97. The summed E-state index contributed by atoms with van der Waals surface area (Å²) in [5.74, 6) is 0.572. The van der Waals surface area contributed by atoms with E-state index in [4.69, 9.17) is 4.74 Å². The molecule has 1 aliphatic heterocycles. The lowest BCUT2D eigenvalue weighted by Crippen LogP contribution is -2.47. The number of hydrogen-bond donors (Lipinski definition) is 1. The zero-order chi connectivity index (χ0) is 12.0. The molecule has 94 valence electrons. The van der Waals surface area contributed by atoms with Gasteiger partial charge < -0.3 is 10.1 Å². The number of nitrogens with one attached hydrogen (secondary N) is 1. The molecule has 1 rings (SSSR count). The van der Waals surface area contributed by atoms with Gasteiger partial charge in [-0.2, -0.15) is 0 Å². The van der Waals surface area contributed by atoms with Gasteiger partial charge in [0.25, 0.3) is 0 Å². The molecule has 16 heavy (non-hydrogen) atoms. The van der Waals surface area contributed by atoms with Gasteiger partial charge in [0.05, 0.1) is 6.61 Å². The predicted molar refractivity (Wildman–Crippen MR) is 64.3 cm³/mol. The highest BCUT2D eigenvalue weighted by Gasteiger charge is 2.27. The molecule has 0 radical (unpaired) electrons. The molecule has 4 nitrogen and oxygen atoms in total. The van der Waals surface area contributed by atoms with E-state index >= 15 is 0 Å². The van der Waals surface area contributed by atoms with Crippen LogP contribution in [0.2, 0.25) is 0 Å². The molecular formula is C12H24N2O2. The predicted octanol–water partition coefficient (Wildman–Crippen LogP) is 0.869. The van der Waals surface area contributed by atoms with Gasteiger partial charge in [-0.15, -0.1) is 0 Å². The molecule has 1 N–H and O–H groups in total. The molecule has 1 heterocycles. The summed E-state index contributed by atoms with van der Waals surface area (Å²) in [5, 5.41) is 3.21. The first-order valence-corrected chi connectivity index (χ1v) is 6.24. The Hall–Kier alpha value is -0.610. The normalized spacial score (nSPS) is 24.1. The second-order valence-electron chi connectivity index (χ2n) is 4.49. The Balaban J connectivity index is 2.43. The van der Waals surface area contributed by atoms with Gasteiger partial charge in [0.1, 0.15) is 6.04 Å². The lowest BCUT2D eigenvalue weighted by molar-refractivity contribution is -0.149. The van der Waals surface area contributed by atoms with Crippen molar-refractivity contribution in [1.29, 1.82) is 0 Å². The topological polar surface area (TPSA) is 41.6 Å². The van der Waals surface area contributed by atoms with E-state index in [1.54, 1.807) is 0 Å². The van der Waals surface area contributed by atoms with Crippen LogP contribution in [0.5, 0.6) is 0 Å². The summed E-state index contributed by atoms with van der Waals surface area (Å²) in [6.07, 6.45) is 2.43. The van der Waals surface area contributed by atoms with Crippen LogP contribution < -0.4 is 5.32 Å². The second-order valence-corrected chi connectivity index (χ2v) is 4.49. The van der Waals surface area contributed by atoms with Gasteiger partial charge in [0, 0.05) is 6.54 Å². The van der Waals surface area contributed by atoms with Crippen LogP contribution in [0.1, 0.15) is 26.7 Å². The minimum Gasteiger partial charge on any atom is -0.465 e. The number of rotatable bonds is 5. The summed E-state index contributed by atoms with van der Waals surface area (Å²) >= 11 is 0. The molecule has 0 bridgehead atoms. The SMILES string of the molecule is CCOC(=O)C(C)N1CCCC(CNC)C1. The van der Waals surface area contributed by atoms with Crippen molar-refractivity contribution in [1.82, 2.24) is 10.2 Å². The van der Waals surface area contributed by atoms with E-state index in [0.29, 0.717) is 12.5 Å². The number of likely N-dealkylation sites (tertiary alicyclic amines) is 1. The molecule has 0 saturated carbocycles. The number of nitrogens with zero attached hydrogens (tertiary/aromatic N) is 1. The van der Waals surface area contributed by atoms with Crippen LogP contribution in [0.25, 0.3) is 0 Å². The van der Waals surface area contributed by atoms with E-state index in [1.807, 2.05) is 20.9 Å². The van der Waals surface area contributed by atoms with Crippen molar-refractivity contribution in [3.05, 3.63) is 0 Å². The van der Waals surface area contributed by atoms with Gasteiger partial charge >= 0.3 is 5.97 Å². The zero-order valence-electron chi connectivity index (χ0n) is 10.7. The Morgan fingerprint density at radius 1 is 1.62 bits per heavy atom. The fourth-order valence-electron chi connectivity index (χ4n) is 2.32. The summed E-state index contributed by atoms with van der Waals surface area (Å²) in [4.78, 5) is 13.9. The third kappa shape index (κ3) is 3.76. The van der Waals surface area contributed by atoms with Crippen LogP contribution in [-0.4, -0.2) is 50.2 Å². The van der Waals surface area contributed by atoms with Crippen LogP contribution in [0.15, 0.2) is 0 Å². The Bertz CT molecular complexity index is 219. The van der Waals surface area contributed by atoms with Gasteiger partial charge in [-0.1, -0.05) is 0 Å². The number of ether oxygens (including phenoxy) is 1. The molecule has 1 fully saturated rings. The second kappa shape index (κ2) is 6.86. The molecule has 0 aromatic rings. The Morgan fingerprint density at radius 3 is 3.00 bits per heavy atom. The van der Waals surface area contributed by atoms with Crippen molar-refractivity contribution < 1.29 is 9.53 Å². The molecule has 0 spiro atoms. The molecule has 4 heteroatoms. The average molecular weight is 228 g/mol. The van der Waals surface area contributed by atoms with E-state index < -0.39 is 0 Å². The minimum absolute atomic E-state index is 0.0902. The summed E-state index contributed by atoms with van der Waals surface area (Å²) < 4.78 is 5.06. The van der Waals surface area contributed by atoms with Gasteiger partial charge in [0.15, 0.2) is 0 Å². The van der Waals surface area contributed by atoms with Crippen LogP contribution in [0, 0.1) is 5.92 Å². The molecule has 0 aromatic carbocycles. The van der Waals surface area contributed by atoms with E-state index in [0.717, 1.165) is 19.6 Å². The molecule has 2 atom stereocenters. The first-order chi connectivity index (χ1) is 7.69. The van der Waals surface area contributed by atoms with Crippen molar-refractivity contribution in [2.75, 3.05) is 33.3 Å². The molecule has 0 aliphatic carbocycles. The lowest BCUT2D eigenvalue weighted by Gasteiger charge is -2.35. The zero-order valence-corrected chi connectivity index (χ0v) is 10.7. The number of carbonyl (C=O) groups is 1. The van der Waals surface area contributed by atoms with Crippen LogP contribution in [0.4, 0.5) is 0 Å². The largest absolute Gasteiger partial charge is 0.465 e. The third-order valence-electron chi connectivity index (χ3n) is 3.22. The van der Waals surface area contributed by atoms with Crippen molar-refractivity contribution >= 4 is 5.97 Å². The Kier molecular flexibility index (Phi) is 5.77. The summed E-state index contributed by atoms with van der Waals surface area (Å²) in [5.41, 5.74) is 0. The van der Waals surface area contributed by atoms with E-state index in [1.165, 1.54) is 12.8 Å². The minimum atomic E-state index is -0.0976. The van der Waals surface area contributed by atoms with E-state index in [-0.39, 0.29) is 12.0 Å². The fourth-order valence-corrected chi connectivity index (χ4v) is 2.32. The molecule has 0 amide bonds. The quantitative estimate of drug-likeness (QED) is 0.709. The average Bonchev–Trinajstić information content (AvgIpc) is 2.29. The number of esters is 1. The van der Waals surface area contributed by atoms with Gasteiger partial charge in [0.2, 0.25) is 0 Å². The number of hydrogen-bond acceptors (Lipinski definition) is 4. The molecule has 2 unspecified atom stereocenters. The highest BCUT2D eigenvalue weighted by Crippen LogP contribution is 2.18. The van der Waals surface area contributed by atoms with Crippen LogP contribution >= 0.6 is 0 Å². The Morgan fingerprint density at radius 2 is 2.38 bits per heavy atom. The number of carbonyl (C=O) groups excluding carboxylic acids is 1. The van der Waals surface area contributed by atoms with Gasteiger partial charge in [-0.3, -0.25) is 9.69 Å². The summed E-state index contributed by atoms with van der Waals surface area (Å²) in [6, 6.07) is -0.0976. The van der Waals surface area contributed by atoms with Crippen LogP contribution in [-0.2, 0) is 9.53 Å². The highest BCUT2D eigenvalue weighted by atomic mass is 16.5. The molecular weight excluding hydrogens is 204 g/mol. The van der Waals surface area contributed by atoms with E-state index in [2.05, 4.69) is 10.2 Å². The summed E-state index contributed by atoms with van der Waals surface area (Å²) in [7, 11) is 1.98. The monoisotopic (exact) mass is 228 g/mol. The van der Waals surface area contributed by atoms with Gasteiger partial charge in [-0.05, 0) is 52.7 Å². The standard InChI is InChI=1S/C12H24N2O2/c1-4-16-12(15)10(2)14-7-5-6-11(9-14)8-13-3/h10-11,13H,4-9H2,1-3H3. The third-order valence-corrected chi connectivity index (χ3v) is 3.22. The molecule has 0 aromatic heterocycles. The molecule has 1 saturated heterocycles. The van der Waals surface area contributed by atoms with Crippen molar-refractivity contribution in [2.24, 2.45) is 5.92 Å². The van der Waals surface area contributed by atoms with E-state index in [9.17, 15) is 4.79 Å². The maximum absolute atomic E-state index is 11.6. The van der Waals surface area contributed by atoms with Gasteiger partial charge in [-0.25, -0.2) is 0 Å². The maximum Gasteiger partial charge on any atom is 0.323 e. The van der Waals surface area contributed by atoms with Crippen molar-refractivity contribution in [3.63, 3.8) is 0 Å². The van der Waals surface area contributed by atoms with Crippen molar-refractivity contribution in [3.8, 4) is 0 Å². The first kappa shape index (κ1) is 13.5. The van der Waals surface area contributed by atoms with Crippen LogP contribution in [0.3, 0.4) is 0 Å². The Labute approximate surface area is 98.3 Å². The maximum atomic E-state index is 11.6. The van der Waals surface area contributed by atoms with Crippen molar-refractivity contribution in [2.45, 2.75) is 32.7 Å². The fraction of sp³-hybridized carbons (Fsp3) is 0.917. The number of piperidine rings is 1. The summed E-state index contributed by atoms with van der Waals surface area (Å²) in [6.45, 7) is 7.31.